The van der Waals surface area contributed by atoms with E-state index in [4.69, 9.17) is 5.11 Å². The second kappa shape index (κ2) is 3.54. The Bertz CT molecular complexity index is 471. The van der Waals surface area contributed by atoms with Crippen LogP contribution >= 0.6 is 0 Å². The average Bonchev–Trinajstić information content (AvgIpc) is 2.18. The van der Waals surface area contributed by atoms with Gasteiger partial charge in [-0.2, -0.15) is 8.78 Å². The van der Waals surface area contributed by atoms with Gasteiger partial charge in [0.25, 0.3) is 9.84 Å². The van der Waals surface area contributed by atoms with Gasteiger partial charge in [-0.1, -0.05) is 6.07 Å². The SMILES string of the molecule is O=C(O)C(F)(F)S(=O)(=O)c1ccccn1. The number of hydrogen-bond donors (Lipinski definition) is 1. The molecule has 0 spiro atoms. The van der Waals surface area contributed by atoms with E-state index >= 15 is 0 Å². The molecule has 0 bridgehead atoms. The molecule has 0 saturated carbocycles. The number of rotatable bonds is 3. The summed E-state index contributed by atoms with van der Waals surface area (Å²) in [6.45, 7) is 0. The molecule has 1 heterocycles. The maximum atomic E-state index is 12.8. The van der Waals surface area contributed by atoms with Crippen molar-refractivity contribution >= 4 is 15.8 Å². The molecule has 0 fully saturated rings. The first kappa shape index (κ1) is 11.5. The molecule has 1 N–H and O–H groups in total. The van der Waals surface area contributed by atoms with Crippen molar-refractivity contribution < 1.29 is 27.1 Å². The Labute approximate surface area is 83.3 Å². The zero-order valence-electron chi connectivity index (χ0n) is 7.09. The van der Waals surface area contributed by atoms with Crippen LogP contribution in [0.3, 0.4) is 0 Å². The number of nitrogens with zero attached hydrogens (tertiary/aromatic N) is 1. The van der Waals surface area contributed by atoms with Crippen molar-refractivity contribution in [2.75, 3.05) is 0 Å². The van der Waals surface area contributed by atoms with Crippen LogP contribution in [0.1, 0.15) is 0 Å². The number of sulfone groups is 1. The fourth-order valence-corrected chi connectivity index (χ4v) is 1.70. The molecular weight excluding hydrogens is 232 g/mol. The number of carboxylic acid groups (broad SMARTS) is 1. The lowest BCUT2D eigenvalue weighted by atomic mass is 10.5. The van der Waals surface area contributed by atoms with Crippen molar-refractivity contribution in [3.05, 3.63) is 24.4 Å². The first-order valence-electron chi connectivity index (χ1n) is 3.57. The topological polar surface area (TPSA) is 84.3 Å². The molecule has 0 aliphatic heterocycles. The van der Waals surface area contributed by atoms with Gasteiger partial charge in [0.05, 0.1) is 0 Å². The van der Waals surface area contributed by atoms with Crippen LogP contribution in [0.2, 0.25) is 0 Å². The lowest BCUT2D eigenvalue weighted by Gasteiger charge is -2.10. The maximum Gasteiger partial charge on any atom is 0.445 e. The highest BCUT2D eigenvalue weighted by Crippen LogP contribution is 2.27. The van der Waals surface area contributed by atoms with Gasteiger partial charge >= 0.3 is 11.2 Å². The smallest absolute Gasteiger partial charge is 0.445 e. The highest BCUT2D eigenvalue weighted by Gasteiger charge is 2.54. The molecular formula is C7H5F2NO4S. The van der Waals surface area contributed by atoms with Gasteiger partial charge in [0.1, 0.15) is 0 Å². The molecule has 8 heteroatoms. The van der Waals surface area contributed by atoms with Crippen LogP contribution in [0.15, 0.2) is 29.4 Å². The molecule has 1 rings (SSSR count). The summed E-state index contributed by atoms with van der Waals surface area (Å²) in [6, 6.07) is 3.28. The predicted molar refractivity (Wildman–Crippen MR) is 44.0 cm³/mol. The van der Waals surface area contributed by atoms with E-state index in [2.05, 4.69) is 4.98 Å². The number of halogens is 2. The highest BCUT2D eigenvalue weighted by molar-refractivity contribution is 7.93. The molecule has 0 aliphatic carbocycles. The number of pyridine rings is 1. The van der Waals surface area contributed by atoms with Crippen LogP contribution in [0.25, 0.3) is 0 Å². The van der Waals surface area contributed by atoms with E-state index in [-0.39, 0.29) is 0 Å². The van der Waals surface area contributed by atoms with E-state index in [1.165, 1.54) is 6.07 Å². The van der Waals surface area contributed by atoms with E-state index in [0.717, 1.165) is 18.3 Å². The van der Waals surface area contributed by atoms with Crippen LogP contribution in [-0.2, 0) is 14.6 Å². The molecule has 15 heavy (non-hydrogen) atoms. The van der Waals surface area contributed by atoms with Gasteiger partial charge < -0.3 is 5.11 Å². The molecule has 82 valence electrons. The van der Waals surface area contributed by atoms with Crippen molar-refractivity contribution in [3.8, 4) is 0 Å². The first-order chi connectivity index (χ1) is 6.80. The van der Waals surface area contributed by atoms with Gasteiger partial charge in [0, 0.05) is 6.20 Å². The molecule has 0 unspecified atom stereocenters. The lowest BCUT2D eigenvalue weighted by molar-refractivity contribution is -0.153. The summed E-state index contributed by atoms with van der Waals surface area (Å²) in [5.74, 6) is -2.73. The summed E-state index contributed by atoms with van der Waals surface area (Å²) < 4.78 is 47.8. The number of carboxylic acids is 1. The number of aromatic nitrogens is 1. The summed E-state index contributed by atoms with van der Waals surface area (Å²) in [5.41, 5.74) is 0. The van der Waals surface area contributed by atoms with Crippen molar-refractivity contribution in [1.82, 2.24) is 4.98 Å². The Balaban J connectivity index is 3.33. The molecule has 1 aromatic heterocycles. The second-order valence-electron chi connectivity index (χ2n) is 2.49. The average molecular weight is 237 g/mol. The first-order valence-corrected chi connectivity index (χ1v) is 5.05. The minimum absolute atomic E-state index is 0.798. The summed E-state index contributed by atoms with van der Waals surface area (Å²) in [4.78, 5) is 13.3. The molecule has 0 saturated heterocycles. The molecule has 5 nitrogen and oxygen atoms in total. The van der Waals surface area contributed by atoms with Crippen LogP contribution < -0.4 is 0 Å². The van der Waals surface area contributed by atoms with E-state index in [1.807, 2.05) is 0 Å². The van der Waals surface area contributed by atoms with Crippen molar-refractivity contribution in [2.24, 2.45) is 0 Å². The van der Waals surface area contributed by atoms with E-state index in [9.17, 15) is 22.0 Å². The van der Waals surface area contributed by atoms with Gasteiger partial charge in [-0.05, 0) is 12.1 Å². The van der Waals surface area contributed by atoms with Crippen molar-refractivity contribution in [3.63, 3.8) is 0 Å². The minimum Gasteiger partial charge on any atom is -0.476 e. The number of alkyl halides is 2. The molecule has 1 aromatic rings. The Morgan fingerprint density at radius 3 is 2.40 bits per heavy atom. The van der Waals surface area contributed by atoms with Gasteiger partial charge in [-0.3, -0.25) is 0 Å². The largest absolute Gasteiger partial charge is 0.476 e. The summed E-state index contributed by atoms with van der Waals surface area (Å²) in [6.07, 6.45) is 0.977. The maximum absolute atomic E-state index is 12.8. The van der Waals surface area contributed by atoms with E-state index < -0.39 is 26.1 Å². The number of carbonyl (C=O) groups is 1. The van der Waals surface area contributed by atoms with E-state index in [1.54, 1.807) is 0 Å². The fourth-order valence-electron chi connectivity index (χ4n) is 0.752. The summed E-state index contributed by atoms with van der Waals surface area (Å²) >= 11 is 0. The van der Waals surface area contributed by atoms with Crippen LogP contribution in [0.5, 0.6) is 0 Å². The highest BCUT2D eigenvalue weighted by atomic mass is 32.2. The Kier molecular flexibility index (Phi) is 2.71. The van der Waals surface area contributed by atoms with Gasteiger partial charge in [0.2, 0.25) is 0 Å². The Morgan fingerprint density at radius 1 is 1.40 bits per heavy atom. The number of hydrogen-bond acceptors (Lipinski definition) is 4. The normalized spacial score (nSPS) is 12.4. The quantitative estimate of drug-likeness (QED) is 0.829. The Hall–Kier alpha value is -1.57. The van der Waals surface area contributed by atoms with Crippen LogP contribution in [-0.4, -0.2) is 29.7 Å². The predicted octanol–water partition coefficient (Wildman–Crippen LogP) is 0.533. The standard InChI is InChI=1S/C7H5F2NO4S/c8-7(9,6(11)12)15(13,14)5-3-1-2-4-10-5/h1-4H,(H,11,12). The minimum atomic E-state index is -5.28. The second-order valence-corrected chi connectivity index (χ2v) is 4.43. The van der Waals surface area contributed by atoms with Gasteiger partial charge in [-0.15, -0.1) is 0 Å². The van der Waals surface area contributed by atoms with Crippen molar-refractivity contribution in [1.29, 1.82) is 0 Å². The van der Waals surface area contributed by atoms with E-state index in [0.29, 0.717) is 0 Å². The number of aliphatic carboxylic acids is 1. The lowest BCUT2D eigenvalue weighted by Crippen LogP contribution is -2.38. The molecule has 0 amide bonds. The molecule has 0 atom stereocenters. The zero-order chi connectivity index (χ0) is 11.7. The van der Waals surface area contributed by atoms with Gasteiger partial charge in [-0.25, -0.2) is 18.2 Å². The fraction of sp³-hybridized carbons (Fsp3) is 0.143. The third kappa shape index (κ3) is 1.80. The summed E-state index contributed by atoms with van der Waals surface area (Å²) in [5, 5.41) is 2.23. The summed E-state index contributed by atoms with van der Waals surface area (Å²) in [7, 11) is -5.28. The van der Waals surface area contributed by atoms with Crippen molar-refractivity contribution in [2.45, 2.75) is 10.3 Å². The Morgan fingerprint density at radius 2 is 2.00 bits per heavy atom. The zero-order valence-corrected chi connectivity index (χ0v) is 7.91. The molecule has 0 aromatic carbocycles. The molecule has 0 aliphatic rings. The van der Waals surface area contributed by atoms with Gasteiger partial charge in [0.15, 0.2) is 5.03 Å². The molecule has 0 radical (unpaired) electrons. The monoisotopic (exact) mass is 237 g/mol. The third-order valence-electron chi connectivity index (χ3n) is 1.50. The van der Waals surface area contributed by atoms with Crippen LogP contribution in [0, 0.1) is 0 Å². The third-order valence-corrected chi connectivity index (χ3v) is 3.14. The van der Waals surface area contributed by atoms with Crippen LogP contribution in [0.4, 0.5) is 8.78 Å².